The highest BCUT2D eigenvalue weighted by Crippen LogP contribution is 2.31. The second kappa shape index (κ2) is 4.87. The summed E-state index contributed by atoms with van der Waals surface area (Å²) >= 11 is 0. The van der Waals surface area contributed by atoms with E-state index >= 15 is 0 Å². The lowest BCUT2D eigenvalue weighted by Crippen LogP contribution is -2.34. The van der Waals surface area contributed by atoms with Crippen molar-refractivity contribution in [1.29, 1.82) is 0 Å². The second-order valence-corrected chi connectivity index (χ2v) is 5.97. The fourth-order valence-corrected chi connectivity index (χ4v) is 2.82. The number of rotatable bonds is 0. The van der Waals surface area contributed by atoms with Crippen molar-refractivity contribution >= 4 is 21.7 Å². The zero-order valence-electron chi connectivity index (χ0n) is 12.3. The number of fused-ring (bicyclic) bond motifs is 3. The number of aliphatic hydroxyl groups is 1. The minimum Gasteiger partial charge on any atom is -0.508 e. The lowest BCUT2D eigenvalue weighted by atomic mass is 9.81. The minimum absolute atomic E-state index is 0.0446. The lowest BCUT2D eigenvalue weighted by Gasteiger charge is -2.30. The molecule has 1 heterocycles. The average Bonchev–Trinajstić information content (AvgIpc) is 2.50. The van der Waals surface area contributed by atoms with Crippen molar-refractivity contribution < 1.29 is 14.6 Å². The van der Waals surface area contributed by atoms with Crippen LogP contribution in [0.2, 0.25) is 0 Å². The maximum atomic E-state index is 12.1. The average molecular weight is 306 g/mol. The van der Waals surface area contributed by atoms with Gasteiger partial charge in [-0.25, -0.2) is 4.79 Å². The Balaban J connectivity index is 1.93. The Hall–Kier alpha value is -2.77. The van der Waals surface area contributed by atoms with Crippen LogP contribution in [-0.2, 0) is 0 Å². The summed E-state index contributed by atoms with van der Waals surface area (Å²) in [6.45, 7) is 0. The number of hydrogen-bond donors (Lipinski definition) is 2. The third-order valence-corrected chi connectivity index (χ3v) is 4.32. The van der Waals surface area contributed by atoms with E-state index in [2.05, 4.69) is 11.8 Å². The molecule has 3 aromatic rings. The molecule has 0 radical (unpaired) electrons. The van der Waals surface area contributed by atoms with Crippen molar-refractivity contribution in [2.45, 2.75) is 24.9 Å². The van der Waals surface area contributed by atoms with E-state index in [0.29, 0.717) is 23.8 Å². The van der Waals surface area contributed by atoms with Crippen LogP contribution >= 0.6 is 0 Å². The maximum Gasteiger partial charge on any atom is 0.344 e. The van der Waals surface area contributed by atoms with Gasteiger partial charge in [0.15, 0.2) is 0 Å². The molecular weight excluding hydrogens is 292 g/mol. The van der Waals surface area contributed by atoms with Gasteiger partial charge in [0.05, 0.1) is 5.39 Å². The van der Waals surface area contributed by atoms with Gasteiger partial charge in [-0.2, -0.15) is 0 Å². The summed E-state index contributed by atoms with van der Waals surface area (Å²) in [6, 6.07) is 9.94. The van der Waals surface area contributed by atoms with Crippen LogP contribution in [0.4, 0.5) is 0 Å². The molecule has 0 unspecified atom stereocenters. The normalized spacial score (nSPS) is 15.9. The molecule has 1 aromatic heterocycles. The van der Waals surface area contributed by atoms with Crippen molar-refractivity contribution in [2.75, 3.05) is 0 Å². The highest BCUT2D eigenvalue weighted by Gasteiger charge is 2.32. The summed E-state index contributed by atoms with van der Waals surface area (Å²) in [5.41, 5.74) is -0.239. The van der Waals surface area contributed by atoms with Crippen molar-refractivity contribution in [1.82, 2.24) is 0 Å². The highest BCUT2D eigenvalue weighted by molar-refractivity contribution is 6.05. The SMILES string of the molecule is O=c1oc2cc(O)ccc2c2cc(C#CC3(O)CCC3)ccc12. The van der Waals surface area contributed by atoms with Crippen LogP contribution in [0.3, 0.4) is 0 Å². The molecule has 4 heteroatoms. The van der Waals surface area contributed by atoms with Gasteiger partial charge in [-0.1, -0.05) is 11.8 Å². The van der Waals surface area contributed by atoms with Crippen LogP contribution in [0.5, 0.6) is 5.75 Å². The first kappa shape index (κ1) is 13.9. The number of benzene rings is 2. The first-order valence-electron chi connectivity index (χ1n) is 7.49. The first-order valence-corrected chi connectivity index (χ1v) is 7.49. The van der Waals surface area contributed by atoms with Crippen molar-refractivity contribution in [3.63, 3.8) is 0 Å². The van der Waals surface area contributed by atoms with Gasteiger partial charge in [-0.3, -0.25) is 0 Å². The summed E-state index contributed by atoms with van der Waals surface area (Å²) in [6.07, 6.45) is 2.41. The highest BCUT2D eigenvalue weighted by atomic mass is 16.4. The van der Waals surface area contributed by atoms with Crippen molar-refractivity contribution in [3.8, 4) is 17.6 Å². The van der Waals surface area contributed by atoms with E-state index in [1.807, 2.05) is 6.07 Å². The van der Waals surface area contributed by atoms with Gasteiger partial charge in [-0.15, -0.1) is 0 Å². The molecule has 2 N–H and O–H groups in total. The van der Waals surface area contributed by atoms with Gasteiger partial charge < -0.3 is 14.6 Å². The third kappa shape index (κ3) is 2.36. The molecule has 0 spiro atoms. The molecule has 0 bridgehead atoms. The Bertz CT molecular complexity index is 1050. The minimum atomic E-state index is -0.863. The third-order valence-electron chi connectivity index (χ3n) is 4.32. The maximum absolute atomic E-state index is 12.1. The van der Waals surface area contributed by atoms with Crippen LogP contribution in [0.1, 0.15) is 24.8 Å². The Morgan fingerprint density at radius 3 is 2.57 bits per heavy atom. The van der Waals surface area contributed by atoms with E-state index in [4.69, 9.17) is 4.42 Å². The van der Waals surface area contributed by atoms with E-state index in [1.165, 1.54) is 6.07 Å². The summed E-state index contributed by atoms with van der Waals surface area (Å²) in [5.74, 6) is 5.95. The monoisotopic (exact) mass is 306 g/mol. The molecule has 0 saturated heterocycles. The first-order chi connectivity index (χ1) is 11.0. The summed E-state index contributed by atoms with van der Waals surface area (Å²) in [5, 5.41) is 21.5. The van der Waals surface area contributed by atoms with Crippen LogP contribution in [0, 0.1) is 11.8 Å². The molecule has 1 aliphatic rings. The van der Waals surface area contributed by atoms with Crippen LogP contribution < -0.4 is 5.63 Å². The van der Waals surface area contributed by atoms with Crippen molar-refractivity contribution in [2.24, 2.45) is 0 Å². The molecule has 23 heavy (non-hydrogen) atoms. The fourth-order valence-electron chi connectivity index (χ4n) is 2.82. The fraction of sp³-hybridized carbons (Fsp3) is 0.211. The van der Waals surface area contributed by atoms with Gasteiger partial charge in [0.2, 0.25) is 0 Å². The molecule has 1 fully saturated rings. The molecule has 114 valence electrons. The number of aromatic hydroxyl groups is 1. The van der Waals surface area contributed by atoms with E-state index in [0.717, 1.165) is 22.8 Å². The molecule has 1 aliphatic carbocycles. The van der Waals surface area contributed by atoms with Crippen molar-refractivity contribution in [3.05, 3.63) is 52.4 Å². The molecule has 4 nitrogen and oxygen atoms in total. The zero-order chi connectivity index (χ0) is 16.0. The topological polar surface area (TPSA) is 70.7 Å². The summed E-state index contributed by atoms with van der Waals surface area (Å²) < 4.78 is 5.24. The predicted molar refractivity (Wildman–Crippen MR) is 87.3 cm³/mol. The number of phenolic OH excluding ortho intramolecular Hbond substituents is 1. The van der Waals surface area contributed by atoms with E-state index in [-0.39, 0.29) is 5.75 Å². The molecule has 1 saturated carbocycles. The molecular formula is C19H14O4. The van der Waals surface area contributed by atoms with Gasteiger partial charge in [0.25, 0.3) is 0 Å². The Kier molecular flexibility index (Phi) is 2.93. The predicted octanol–water partition coefficient (Wildman–Crippen LogP) is 2.92. The zero-order valence-corrected chi connectivity index (χ0v) is 12.3. The smallest absolute Gasteiger partial charge is 0.344 e. The largest absolute Gasteiger partial charge is 0.508 e. The van der Waals surface area contributed by atoms with Crippen LogP contribution in [0.25, 0.3) is 21.7 Å². The van der Waals surface area contributed by atoms with Gasteiger partial charge in [0.1, 0.15) is 16.9 Å². The molecule has 2 aromatic carbocycles. The molecule has 4 rings (SSSR count). The van der Waals surface area contributed by atoms with Crippen LogP contribution in [0.15, 0.2) is 45.6 Å². The van der Waals surface area contributed by atoms with E-state index < -0.39 is 11.2 Å². The Morgan fingerprint density at radius 2 is 1.83 bits per heavy atom. The molecule has 0 amide bonds. The quantitative estimate of drug-likeness (QED) is 0.380. The van der Waals surface area contributed by atoms with Gasteiger partial charge in [0, 0.05) is 22.4 Å². The summed E-state index contributed by atoms with van der Waals surface area (Å²) in [4.78, 5) is 12.1. The standard InChI is InChI=1S/C19H14O4/c20-13-3-5-14-16-10-12(6-9-19(22)7-1-8-19)2-4-15(16)18(21)23-17(14)11-13/h2-5,10-11,20,22H,1,7-8H2. The van der Waals surface area contributed by atoms with E-state index in [9.17, 15) is 15.0 Å². The van der Waals surface area contributed by atoms with Gasteiger partial charge >= 0.3 is 5.63 Å². The summed E-state index contributed by atoms with van der Waals surface area (Å²) in [7, 11) is 0. The molecule has 0 atom stereocenters. The van der Waals surface area contributed by atoms with E-state index in [1.54, 1.807) is 24.3 Å². The number of hydrogen-bond acceptors (Lipinski definition) is 4. The molecule has 0 aliphatic heterocycles. The van der Waals surface area contributed by atoms with Crippen LogP contribution in [-0.4, -0.2) is 15.8 Å². The Morgan fingerprint density at radius 1 is 1.04 bits per heavy atom. The Labute approximate surface area is 132 Å². The lowest BCUT2D eigenvalue weighted by molar-refractivity contribution is 0.0240. The number of phenols is 1. The van der Waals surface area contributed by atoms with Gasteiger partial charge in [-0.05, 0) is 49.6 Å². The second-order valence-electron chi connectivity index (χ2n) is 5.97.